The van der Waals surface area contributed by atoms with Gasteiger partial charge in [-0.2, -0.15) is 0 Å². The van der Waals surface area contributed by atoms with Crippen molar-refractivity contribution in [1.29, 1.82) is 0 Å². The van der Waals surface area contributed by atoms with Crippen molar-refractivity contribution in [2.45, 2.75) is 22.8 Å². The molecule has 94 valence electrons. The van der Waals surface area contributed by atoms with Crippen molar-refractivity contribution in [1.82, 2.24) is 0 Å². The molecule has 18 heavy (non-hydrogen) atoms. The maximum absolute atomic E-state index is 9.52. The Morgan fingerprint density at radius 1 is 1.17 bits per heavy atom. The molecule has 0 aliphatic carbocycles. The van der Waals surface area contributed by atoms with Crippen LogP contribution in [0.1, 0.15) is 18.6 Å². The summed E-state index contributed by atoms with van der Waals surface area (Å²) in [5.74, 6) is 0. The second-order valence-electron chi connectivity index (χ2n) is 3.90. The van der Waals surface area contributed by atoms with Crippen LogP contribution in [-0.2, 0) is 0 Å². The average molecular weight is 344 g/mol. The highest BCUT2D eigenvalue weighted by atomic mass is 79.9. The summed E-state index contributed by atoms with van der Waals surface area (Å²) in [7, 11) is 0. The van der Waals surface area contributed by atoms with E-state index in [1.165, 1.54) is 0 Å². The molecule has 0 unspecified atom stereocenters. The van der Waals surface area contributed by atoms with Crippen LogP contribution < -0.4 is 0 Å². The summed E-state index contributed by atoms with van der Waals surface area (Å²) >= 11 is 11.3. The van der Waals surface area contributed by atoms with Gasteiger partial charge < -0.3 is 5.11 Å². The van der Waals surface area contributed by atoms with E-state index in [4.69, 9.17) is 11.6 Å². The average Bonchev–Trinajstić information content (AvgIpc) is 2.34. The minimum Gasteiger partial charge on any atom is -0.389 e. The quantitative estimate of drug-likeness (QED) is 0.815. The van der Waals surface area contributed by atoms with Crippen LogP contribution in [-0.4, -0.2) is 5.11 Å². The molecule has 1 N–H and O–H groups in total. The molecule has 0 aromatic heterocycles. The second kappa shape index (κ2) is 6.11. The van der Waals surface area contributed by atoms with Gasteiger partial charge in [-0.1, -0.05) is 41.6 Å². The van der Waals surface area contributed by atoms with Crippen molar-refractivity contribution >= 4 is 39.3 Å². The smallest absolute Gasteiger partial charge is 0.0762 e. The monoisotopic (exact) mass is 342 g/mol. The lowest BCUT2D eigenvalue weighted by molar-refractivity contribution is 0.199. The first-order valence-corrected chi connectivity index (χ1v) is 7.46. The van der Waals surface area contributed by atoms with E-state index in [1.807, 2.05) is 42.5 Å². The van der Waals surface area contributed by atoms with Crippen LogP contribution in [0.15, 0.2) is 56.7 Å². The van der Waals surface area contributed by atoms with Crippen LogP contribution in [0.3, 0.4) is 0 Å². The van der Waals surface area contributed by atoms with E-state index in [9.17, 15) is 5.11 Å². The molecule has 0 saturated carbocycles. The van der Waals surface area contributed by atoms with E-state index in [2.05, 4.69) is 15.9 Å². The first-order chi connectivity index (χ1) is 8.58. The SMILES string of the molecule is C[C@H](O)c1ccc(Sc2ccccc2Cl)c(Br)c1. The molecule has 2 rings (SSSR count). The number of benzene rings is 2. The lowest BCUT2D eigenvalue weighted by Crippen LogP contribution is -1.90. The predicted molar refractivity (Wildman–Crippen MR) is 80.4 cm³/mol. The van der Waals surface area contributed by atoms with E-state index in [1.54, 1.807) is 18.7 Å². The van der Waals surface area contributed by atoms with Crippen molar-refractivity contribution in [3.05, 3.63) is 57.5 Å². The first kappa shape index (κ1) is 13.9. The molecule has 1 nitrogen and oxygen atoms in total. The highest BCUT2D eigenvalue weighted by molar-refractivity contribution is 9.10. The molecular formula is C14H12BrClOS. The van der Waals surface area contributed by atoms with Gasteiger partial charge in [0.2, 0.25) is 0 Å². The lowest BCUT2D eigenvalue weighted by Gasteiger charge is -2.09. The van der Waals surface area contributed by atoms with Gasteiger partial charge in [0.15, 0.2) is 0 Å². The predicted octanol–water partition coefficient (Wildman–Crippen LogP) is 5.31. The Morgan fingerprint density at radius 3 is 2.50 bits per heavy atom. The largest absolute Gasteiger partial charge is 0.389 e. The maximum Gasteiger partial charge on any atom is 0.0762 e. The third-order valence-electron chi connectivity index (χ3n) is 2.49. The number of aliphatic hydroxyl groups is 1. The Morgan fingerprint density at radius 2 is 1.89 bits per heavy atom. The van der Waals surface area contributed by atoms with Crippen LogP contribution >= 0.6 is 39.3 Å². The molecule has 0 spiro atoms. The minimum atomic E-state index is -0.458. The normalized spacial score (nSPS) is 12.4. The summed E-state index contributed by atoms with van der Waals surface area (Å²) in [5.41, 5.74) is 0.894. The molecule has 2 aromatic carbocycles. The van der Waals surface area contributed by atoms with Crippen LogP contribution in [0.4, 0.5) is 0 Å². The Hall–Kier alpha value is -0.480. The zero-order chi connectivity index (χ0) is 13.1. The first-order valence-electron chi connectivity index (χ1n) is 5.48. The molecule has 2 aromatic rings. The molecule has 0 saturated heterocycles. The third kappa shape index (κ3) is 3.29. The van der Waals surface area contributed by atoms with Gasteiger partial charge in [0.05, 0.1) is 11.1 Å². The Bertz CT molecular complexity index is 557. The van der Waals surface area contributed by atoms with Gasteiger partial charge in [-0.3, -0.25) is 0 Å². The van der Waals surface area contributed by atoms with Crippen molar-refractivity contribution < 1.29 is 5.11 Å². The van der Waals surface area contributed by atoms with Crippen molar-refractivity contribution in [3.63, 3.8) is 0 Å². The standard InChI is InChI=1S/C14H12BrClOS/c1-9(17)10-6-7-13(11(15)8-10)18-14-5-3-2-4-12(14)16/h2-9,17H,1H3/t9-/m0/s1. The van der Waals surface area contributed by atoms with Crippen LogP contribution in [0.2, 0.25) is 5.02 Å². The van der Waals surface area contributed by atoms with E-state index >= 15 is 0 Å². The molecule has 0 radical (unpaired) electrons. The fraction of sp³-hybridized carbons (Fsp3) is 0.143. The van der Waals surface area contributed by atoms with E-state index < -0.39 is 6.10 Å². The van der Waals surface area contributed by atoms with E-state index in [0.29, 0.717) is 0 Å². The van der Waals surface area contributed by atoms with Gasteiger partial charge in [-0.15, -0.1) is 0 Å². The number of rotatable bonds is 3. The van der Waals surface area contributed by atoms with E-state index in [-0.39, 0.29) is 0 Å². The zero-order valence-corrected chi connectivity index (χ0v) is 12.9. The summed E-state index contributed by atoms with van der Waals surface area (Å²) in [6.07, 6.45) is -0.458. The van der Waals surface area contributed by atoms with Gasteiger partial charge in [-0.05, 0) is 52.7 Å². The molecule has 0 fully saturated rings. The van der Waals surface area contributed by atoms with Gasteiger partial charge in [0.25, 0.3) is 0 Å². The summed E-state index contributed by atoms with van der Waals surface area (Å²) in [4.78, 5) is 2.09. The molecule has 4 heteroatoms. The highest BCUT2D eigenvalue weighted by Crippen LogP contribution is 2.37. The van der Waals surface area contributed by atoms with Crippen molar-refractivity contribution in [2.75, 3.05) is 0 Å². The molecule has 0 aliphatic heterocycles. The Labute approximate surface area is 124 Å². The van der Waals surface area contributed by atoms with Crippen LogP contribution in [0, 0.1) is 0 Å². The van der Waals surface area contributed by atoms with Gasteiger partial charge in [0.1, 0.15) is 0 Å². The van der Waals surface area contributed by atoms with Crippen molar-refractivity contribution in [2.24, 2.45) is 0 Å². The molecule has 0 aliphatic rings. The van der Waals surface area contributed by atoms with Crippen LogP contribution in [0.5, 0.6) is 0 Å². The fourth-order valence-corrected chi connectivity index (χ4v) is 3.24. The number of hydrogen-bond donors (Lipinski definition) is 1. The van der Waals surface area contributed by atoms with Gasteiger partial charge in [0, 0.05) is 14.3 Å². The molecule has 1 atom stereocenters. The number of hydrogen-bond acceptors (Lipinski definition) is 2. The summed E-state index contributed by atoms with van der Waals surface area (Å²) in [6, 6.07) is 13.6. The summed E-state index contributed by atoms with van der Waals surface area (Å²) in [5, 5.41) is 10.3. The van der Waals surface area contributed by atoms with E-state index in [0.717, 1.165) is 24.8 Å². The second-order valence-corrected chi connectivity index (χ2v) is 6.24. The van der Waals surface area contributed by atoms with Gasteiger partial charge >= 0.3 is 0 Å². The molecule has 0 amide bonds. The number of aliphatic hydroxyl groups excluding tert-OH is 1. The van der Waals surface area contributed by atoms with Gasteiger partial charge in [-0.25, -0.2) is 0 Å². The Balaban J connectivity index is 2.28. The minimum absolute atomic E-state index is 0.458. The lowest BCUT2D eigenvalue weighted by atomic mass is 10.1. The maximum atomic E-state index is 9.52. The Kier molecular flexibility index (Phi) is 4.73. The zero-order valence-electron chi connectivity index (χ0n) is 9.73. The fourth-order valence-electron chi connectivity index (χ4n) is 1.51. The molecular weight excluding hydrogens is 332 g/mol. The summed E-state index contributed by atoms with van der Waals surface area (Å²) < 4.78 is 0.964. The summed E-state index contributed by atoms with van der Waals surface area (Å²) in [6.45, 7) is 1.75. The van der Waals surface area contributed by atoms with Crippen LogP contribution in [0.25, 0.3) is 0 Å². The topological polar surface area (TPSA) is 20.2 Å². The molecule has 0 bridgehead atoms. The molecule has 0 heterocycles. The highest BCUT2D eigenvalue weighted by Gasteiger charge is 2.08. The number of halogens is 2. The van der Waals surface area contributed by atoms with Crippen molar-refractivity contribution in [3.8, 4) is 0 Å². The third-order valence-corrected chi connectivity index (χ3v) is 5.01.